The summed E-state index contributed by atoms with van der Waals surface area (Å²) in [5.74, 6) is -0.608. The first-order valence-electron chi connectivity index (χ1n) is 9.12. The van der Waals surface area contributed by atoms with Crippen molar-refractivity contribution in [3.05, 3.63) is 48.3 Å². The van der Waals surface area contributed by atoms with Crippen molar-refractivity contribution in [3.63, 3.8) is 0 Å². The average Bonchev–Trinajstić information content (AvgIpc) is 3.09. The van der Waals surface area contributed by atoms with Gasteiger partial charge in [-0.2, -0.15) is 9.40 Å². The average molecular weight is 399 g/mol. The van der Waals surface area contributed by atoms with E-state index in [9.17, 15) is 13.2 Å². The lowest BCUT2D eigenvalue weighted by molar-refractivity contribution is -0.120. The Kier molecular flexibility index (Phi) is 4.86. The lowest BCUT2D eigenvalue weighted by Gasteiger charge is -2.31. The number of aryl methyl sites for hydroxylation is 1. The fourth-order valence-corrected chi connectivity index (χ4v) is 4.99. The Balaban J connectivity index is 1.49. The van der Waals surface area contributed by atoms with Crippen LogP contribution in [0.4, 0.5) is 5.69 Å². The maximum absolute atomic E-state index is 12.8. The van der Waals surface area contributed by atoms with Crippen LogP contribution in [-0.2, 0) is 14.8 Å². The minimum atomic E-state index is -3.60. The molecular weight excluding hydrogens is 378 g/mol. The molecule has 1 fully saturated rings. The first-order chi connectivity index (χ1) is 13.4. The van der Waals surface area contributed by atoms with Crippen LogP contribution in [0.5, 0.6) is 0 Å². The van der Waals surface area contributed by atoms with Gasteiger partial charge in [-0.05, 0) is 38.0 Å². The Labute approximate surface area is 163 Å². The van der Waals surface area contributed by atoms with Gasteiger partial charge in [-0.3, -0.25) is 9.89 Å². The van der Waals surface area contributed by atoms with Crippen molar-refractivity contribution in [1.82, 2.24) is 19.5 Å². The van der Waals surface area contributed by atoms with Crippen molar-refractivity contribution >= 4 is 32.7 Å². The van der Waals surface area contributed by atoms with Crippen LogP contribution in [0.3, 0.4) is 0 Å². The van der Waals surface area contributed by atoms with E-state index in [4.69, 9.17) is 0 Å². The van der Waals surface area contributed by atoms with E-state index < -0.39 is 15.9 Å². The summed E-state index contributed by atoms with van der Waals surface area (Å²) in [6.45, 7) is 2.47. The number of pyridine rings is 1. The minimum absolute atomic E-state index is 0.170. The summed E-state index contributed by atoms with van der Waals surface area (Å²) in [6, 6.07) is 10.1. The largest absolute Gasteiger partial charge is 0.324 e. The SMILES string of the molecule is Cc1[nH]nc2ncc(NC(=O)C3CCCN(S(=O)(=O)c4ccccc4)C3)cc12. The molecule has 28 heavy (non-hydrogen) atoms. The van der Waals surface area contributed by atoms with E-state index in [0.29, 0.717) is 30.7 Å². The number of benzene rings is 1. The van der Waals surface area contributed by atoms with Crippen LogP contribution >= 0.6 is 0 Å². The van der Waals surface area contributed by atoms with Crippen LogP contribution in [0.15, 0.2) is 47.5 Å². The second kappa shape index (κ2) is 7.33. The Morgan fingerprint density at radius 2 is 2.07 bits per heavy atom. The summed E-state index contributed by atoms with van der Waals surface area (Å²) >= 11 is 0. The van der Waals surface area contributed by atoms with Gasteiger partial charge in [-0.15, -0.1) is 0 Å². The van der Waals surface area contributed by atoms with Crippen LogP contribution in [0.25, 0.3) is 11.0 Å². The van der Waals surface area contributed by atoms with Gasteiger partial charge in [-0.25, -0.2) is 13.4 Å². The third kappa shape index (κ3) is 3.50. The molecule has 1 aromatic carbocycles. The van der Waals surface area contributed by atoms with E-state index in [1.165, 1.54) is 4.31 Å². The highest BCUT2D eigenvalue weighted by atomic mass is 32.2. The van der Waals surface area contributed by atoms with Gasteiger partial charge in [0.1, 0.15) is 0 Å². The summed E-state index contributed by atoms with van der Waals surface area (Å²) in [5, 5.41) is 10.6. The number of piperidine rings is 1. The maximum atomic E-state index is 12.8. The quantitative estimate of drug-likeness (QED) is 0.700. The molecule has 0 radical (unpaired) electrons. The number of carbonyl (C=O) groups excluding carboxylic acids is 1. The van der Waals surface area contributed by atoms with Crippen LogP contribution in [0, 0.1) is 12.8 Å². The summed E-state index contributed by atoms with van der Waals surface area (Å²) in [4.78, 5) is 17.2. The number of hydrogen-bond acceptors (Lipinski definition) is 5. The summed E-state index contributed by atoms with van der Waals surface area (Å²) < 4.78 is 27.1. The number of nitrogens with zero attached hydrogens (tertiary/aromatic N) is 3. The lowest BCUT2D eigenvalue weighted by atomic mass is 9.99. The number of aromatic nitrogens is 3. The molecule has 1 amide bonds. The first kappa shape index (κ1) is 18.6. The van der Waals surface area contributed by atoms with Gasteiger partial charge in [0, 0.05) is 24.2 Å². The molecule has 3 aromatic rings. The van der Waals surface area contributed by atoms with E-state index in [0.717, 1.165) is 11.1 Å². The third-order valence-corrected chi connectivity index (χ3v) is 6.88. The third-order valence-electron chi connectivity index (χ3n) is 5.00. The van der Waals surface area contributed by atoms with Crippen LogP contribution in [-0.4, -0.2) is 46.9 Å². The molecule has 1 aliphatic rings. The second-order valence-electron chi connectivity index (χ2n) is 6.95. The number of amides is 1. The summed E-state index contributed by atoms with van der Waals surface area (Å²) in [7, 11) is -3.60. The van der Waals surface area contributed by atoms with Gasteiger partial charge in [-0.1, -0.05) is 18.2 Å². The van der Waals surface area contributed by atoms with Crippen molar-refractivity contribution in [1.29, 1.82) is 0 Å². The summed E-state index contributed by atoms with van der Waals surface area (Å²) in [6.07, 6.45) is 2.84. The number of hydrogen-bond donors (Lipinski definition) is 2. The molecule has 1 saturated heterocycles. The maximum Gasteiger partial charge on any atom is 0.243 e. The molecule has 8 nitrogen and oxygen atoms in total. The van der Waals surface area contributed by atoms with Crippen LogP contribution in [0.2, 0.25) is 0 Å². The Morgan fingerprint density at radius 1 is 1.29 bits per heavy atom. The first-order valence-corrected chi connectivity index (χ1v) is 10.6. The Hall–Kier alpha value is -2.78. The fourth-order valence-electron chi connectivity index (χ4n) is 3.45. The number of carbonyl (C=O) groups is 1. The van der Waals surface area contributed by atoms with Gasteiger partial charge in [0.2, 0.25) is 15.9 Å². The number of aromatic amines is 1. The van der Waals surface area contributed by atoms with Crippen LogP contribution in [0.1, 0.15) is 18.5 Å². The number of H-pyrrole nitrogens is 1. The zero-order valence-corrected chi connectivity index (χ0v) is 16.2. The topological polar surface area (TPSA) is 108 Å². The molecule has 3 heterocycles. The highest BCUT2D eigenvalue weighted by molar-refractivity contribution is 7.89. The van der Waals surface area contributed by atoms with E-state index >= 15 is 0 Å². The molecule has 0 spiro atoms. The Bertz CT molecular complexity index is 1110. The van der Waals surface area contributed by atoms with E-state index in [2.05, 4.69) is 20.5 Å². The van der Waals surface area contributed by atoms with E-state index in [-0.39, 0.29) is 17.3 Å². The van der Waals surface area contributed by atoms with Gasteiger partial charge in [0.05, 0.1) is 22.7 Å². The molecule has 0 saturated carbocycles. The lowest BCUT2D eigenvalue weighted by Crippen LogP contribution is -2.43. The molecule has 0 bridgehead atoms. The number of nitrogens with one attached hydrogen (secondary N) is 2. The monoisotopic (exact) mass is 399 g/mol. The molecule has 0 aliphatic carbocycles. The molecule has 1 atom stereocenters. The molecule has 1 aliphatic heterocycles. The number of anilines is 1. The number of sulfonamides is 1. The second-order valence-corrected chi connectivity index (χ2v) is 8.89. The molecule has 2 N–H and O–H groups in total. The van der Waals surface area contributed by atoms with E-state index in [1.54, 1.807) is 36.5 Å². The minimum Gasteiger partial charge on any atom is -0.324 e. The number of fused-ring (bicyclic) bond motifs is 1. The van der Waals surface area contributed by atoms with Crippen molar-refractivity contribution < 1.29 is 13.2 Å². The highest BCUT2D eigenvalue weighted by Gasteiger charge is 2.33. The molecular formula is C19H21N5O3S. The molecule has 2 aromatic heterocycles. The predicted octanol–water partition coefficient (Wildman–Crippen LogP) is 2.31. The molecule has 4 rings (SSSR count). The Morgan fingerprint density at radius 3 is 2.86 bits per heavy atom. The smallest absolute Gasteiger partial charge is 0.243 e. The summed E-state index contributed by atoms with van der Waals surface area (Å²) in [5.41, 5.74) is 2.04. The van der Waals surface area contributed by atoms with Crippen LogP contribution < -0.4 is 5.32 Å². The number of rotatable bonds is 4. The predicted molar refractivity (Wildman–Crippen MR) is 105 cm³/mol. The van der Waals surface area contributed by atoms with Crippen molar-refractivity contribution in [2.75, 3.05) is 18.4 Å². The van der Waals surface area contributed by atoms with Gasteiger partial charge >= 0.3 is 0 Å². The van der Waals surface area contributed by atoms with Gasteiger partial charge in [0.15, 0.2) is 5.65 Å². The van der Waals surface area contributed by atoms with Crippen molar-refractivity contribution in [2.24, 2.45) is 5.92 Å². The zero-order chi connectivity index (χ0) is 19.7. The molecule has 9 heteroatoms. The zero-order valence-electron chi connectivity index (χ0n) is 15.4. The normalized spacial score (nSPS) is 18.2. The molecule has 1 unspecified atom stereocenters. The highest BCUT2D eigenvalue weighted by Crippen LogP contribution is 2.25. The molecule has 146 valence electrons. The van der Waals surface area contributed by atoms with Gasteiger partial charge < -0.3 is 5.32 Å². The fraction of sp³-hybridized carbons (Fsp3) is 0.316. The van der Waals surface area contributed by atoms with Gasteiger partial charge in [0.25, 0.3) is 0 Å². The van der Waals surface area contributed by atoms with Crippen molar-refractivity contribution in [2.45, 2.75) is 24.7 Å². The standard InChI is InChI=1S/C19H21N5O3S/c1-13-17-10-15(11-20-18(17)23-22-13)21-19(25)14-6-5-9-24(12-14)28(26,27)16-7-3-2-4-8-16/h2-4,7-8,10-11,14H,5-6,9,12H2,1H3,(H,21,25)(H,20,22,23). The van der Waals surface area contributed by atoms with Crippen molar-refractivity contribution in [3.8, 4) is 0 Å². The van der Waals surface area contributed by atoms with E-state index in [1.807, 2.05) is 13.0 Å².